The fourth-order valence-electron chi connectivity index (χ4n) is 2.81. The first-order chi connectivity index (χ1) is 9.26. The van der Waals surface area contributed by atoms with E-state index in [0.717, 1.165) is 13.2 Å². The smallest absolute Gasteiger partial charge is 0.0599 e. The van der Waals surface area contributed by atoms with Crippen LogP contribution in [0.4, 0.5) is 0 Å². The third-order valence-electron chi connectivity index (χ3n) is 4.04. The van der Waals surface area contributed by atoms with Gasteiger partial charge in [0.1, 0.15) is 0 Å². The van der Waals surface area contributed by atoms with Crippen molar-refractivity contribution in [2.75, 3.05) is 32.8 Å². The van der Waals surface area contributed by atoms with Gasteiger partial charge in [-0.3, -0.25) is 0 Å². The second kappa shape index (κ2) is 10.6. The van der Waals surface area contributed by atoms with Crippen molar-refractivity contribution in [1.82, 2.24) is 10.2 Å². The van der Waals surface area contributed by atoms with Gasteiger partial charge in [0.05, 0.1) is 6.10 Å². The molecule has 1 rings (SSSR count). The molecule has 19 heavy (non-hydrogen) atoms. The zero-order valence-corrected chi connectivity index (χ0v) is 13.3. The van der Waals surface area contributed by atoms with Crippen LogP contribution >= 0.6 is 0 Å². The molecule has 1 aliphatic rings. The summed E-state index contributed by atoms with van der Waals surface area (Å²) in [5.74, 6) is 0. The van der Waals surface area contributed by atoms with Crippen LogP contribution in [0.15, 0.2) is 0 Å². The zero-order valence-electron chi connectivity index (χ0n) is 13.3. The molecule has 1 atom stereocenters. The molecule has 0 aliphatic carbocycles. The lowest BCUT2D eigenvalue weighted by Gasteiger charge is -2.31. The highest BCUT2D eigenvalue weighted by atomic mass is 16.5. The fourth-order valence-corrected chi connectivity index (χ4v) is 2.81. The first-order valence-electron chi connectivity index (χ1n) is 8.33. The van der Waals surface area contributed by atoms with Crippen molar-refractivity contribution in [1.29, 1.82) is 0 Å². The zero-order chi connectivity index (χ0) is 13.9. The van der Waals surface area contributed by atoms with Crippen LogP contribution in [0, 0.1) is 0 Å². The van der Waals surface area contributed by atoms with Crippen LogP contribution in [0.25, 0.3) is 0 Å². The topological polar surface area (TPSA) is 24.5 Å². The predicted molar refractivity (Wildman–Crippen MR) is 82.7 cm³/mol. The Morgan fingerprint density at radius 3 is 2.58 bits per heavy atom. The van der Waals surface area contributed by atoms with Gasteiger partial charge < -0.3 is 15.0 Å². The summed E-state index contributed by atoms with van der Waals surface area (Å²) >= 11 is 0. The van der Waals surface area contributed by atoms with Gasteiger partial charge in [-0.25, -0.2) is 0 Å². The predicted octanol–water partition coefficient (Wildman–Crippen LogP) is 3.05. The molecular weight excluding hydrogens is 236 g/mol. The second-order valence-corrected chi connectivity index (χ2v) is 5.85. The van der Waals surface area contributed by atoms with Crippen LogP contribution < -0.4 is 5.32 Å². The first kappa shape index (κ1) is 16.9. The minimum absolute atomic E-state index is 0.527. The molecule has 0 saturated carbocycles. The Hall–Kier alpha value is -0.120. The molecule has 0 radical (unpaired) electrons. The van der Waals surface area contributed by atoms with E-state index in [0.29, 0.717) is 12.1 Å². The molecule has 1 unspecified atom stereocenters. The number of rotatable bonds is 10. The lowest BCUT2D eigenvalue weighted by molar-refractivity contribution is 0.0140. The number of hydrogen-bond donors (Lipinski definition) is 1. The summed E-state index contributed by atoms with van der Waals surface area (Å²) in [4.78, 5) is 2.61. The number of ether oxygens (including phenoxy) is 1. The third-order valence-corrected chi connectivity index (χ3v) is 4.04. The lowest BCUT2D eigenvalue weighted by Crippen LogP contribution is -2.37. The molecule has 1 aliphatic heterocycles. The normalized spacial score (nSPS) is 19.7. The fraction of sp³-hybridized carbons (Fsp3) is 1.00. The summed E-state index contributed by atoms with van der Waals surface area (Å²) < 4.78 is 5.69. The Labute approximate surface area is 120 Å². The van der Waals surface area contributed by atoms with Gasteiger partial charge >= 0.3 is 0 Å². The van der Waals surface area contributed by atoms with E-state index in [1.165, 1.54) is 58.2 Å². The van der Waals surface area contributed by atoms with Crippen molar-refractivity contribution in [3.63, 3.8) is 0 Å². The summed E-state index contributed by atoms with van der Waals surface area (Å²) in [6.45, 7) is 12.4. The van der Waals surface area contributed by atoms with Crippen molar-refractivity contribution in [2.24, 2.45) is 0 Å². The monoisotopic (exact) mass is 270 g/mol. The van der Waals surface area contributed by atoms with E-state index in [1.54, 1.807) is 0 Å². The SMILES string of the molecule is CCCNC(C)CCCCN1CCC(OCC)CC1. The van der Waals surface area contributed by atoms with E-state index in [4.69, 9.17) is 4.74 Å². The molecule has 1 heterocycles. The van der Waals surface area contributed by atoms with Crippen LogP contribution in [0.2, 0.25) is 0 Å². The molecule has 1 N–H and O–H groups in total. The maximum atomic E-state index is 5.69. The molecule has 0 aromatic heterocycles. The highest BCUT2D eigenvalue weighted by molar-refractivity contribution is 4.72. The number of nitrogens with one attached hydrogen (secondary N) is 1. The van der Waals surface area contributed by atoms with E-state index in [9.17, 15) is 0 Å². The van der Waals surface area contributed by atoms with E-state index in [-0.39, 0.29) is 0 Å². The average molecular weight is 270 g/mol. The number of nitrogens with zero attached hydrogens (tertiary/aromatic N) is 1. The highest BCUT2D eigenvalue weighted by Crippen LogP contribution is 2.14. The molecule has 0 aromatic carbocycles. The summed E-state index contributed by atoms with van der Waals surface area (Å²) in [6.07, 6.45) is 8.22. The molecule has 0 bridgehead atoms. The van der Waals surface area contributed by atoms with Gasteiger partial charge in [-0.2, -0.15) is 0 Å². The van der Waals surface area contributed by atoms with E-state index in [1.807, 2.05) is 0 Å². The van der Waals surface area contributed by atoms with Crippen molar-refractivity contribution in [2.45, 2.75) is 71.4 Å². The van der Waals surface area contributed by atoms with Crippen molar-refractivity contribution >= 4 is 0 Å². The van der Waals surface area contributed by atoms with Crippen molar-refractivity contribution in [3.05, 3.63) is 0 Å². The first-order valence-corrected chi connectivity index (χ1v) is 8.33. The molecule has 3 heteroatoms. The summed E-state index contributed by atoms with van der Waals surface area (Å²) in [5, 5.41) is 3.56. The molecule has 0 aromatic rings. The minimum atomic E-state index is 0.527. The van der Waals surface area contributed by atoms with Crippen LogP contribution in [-0.4, -0.2) is 49.8 Å². The van der Waals surface area contributed by atoms with Crippen molar-refractivity contribution < 1.29 is 4.74 Å². The number of likely N-dealkylation sites (tertiary alicyclic amines) is 1. The number of piperidine rings is 1. The molecule has 1 saturated heterocycles. The van der Waals surface area contributed by atoms with Crippen LogP contribution in [0.1, 0.15) is 59.3 Å². The van der Waals surface area contributed by atoms with Crippen LogP contribution in [0.5, 0.6) is 0 Å². The van der Waals surface area contributed by atoms with E-state index < -0.39 is 0 Å². The van der Waals surface area contributed by atoms with Crippen LogP contribution in [-0.2, 0) is 4.74 Å². The second-order valence-electron chi connectivity index (χ2n) is 5.85. The van der Waals surface area contributed by atoms with Gasteiger partial charge in [0.15, 0.2) is 0 Å². The lowest BCUT2D eigenvalue weighted by atomic mass is 10.1. The third kappa shape index (κ3) is 7.91. The molecule has 3 nitrogen and oxygen atoms in total. The Balaban J connectivity index is 1.96. The quantitative estimate of drug-likeness (QED) is 0.618. The number of unbranched alkanes of at least 4 members (excludes halogenated alkanes) is 1. The summed E-state index contributed by atoms with van der Waals surface area (Å²) in [7, 11) is 0. The van der Waals surface area contributed by atoms with Gasteiger partial charge in [0, 0.05) is 25.7 Å². The number of hydrogen-bond acceptors (Lipinski definition) is 3. The molecule has 0 amide bonds. The molecular formula is C16H34N2O. The largest absolute Gasteiger partial charge is 0.378 e. The van der Waals surface area contributed by atoms with Crippen LogP contribution in [0.3, 0.4) is 0 Å². The summed E-state index contributed by atoms with van der Waals surface area (Å²) in [5.41, 5.74) is 0. The maximum absolute atomic E-state index is 5.69. The highest BCUT2D eigenvalue weighted by Gasteiger charge is 2.18. The minimum Gasteiger partial charge on any atom is -0.378 e. The van der Waals surface area contributed by atoms with E-state index >= 15 is 0 Å². The Bertz CT molecular complexity index is 203. The summed E-state index contributed by atoms with van der Waals surface area (Å²) in [6, 6.07) is 0.684. The molecule has 114 valence electrons. The Morgan fingerprint density at radius 2 is 1.95 bits per heavy atom. The molecule has 1 fully saturated rings. The standard InChI is InChI=1S/C16H34N2O/c1-4-11-17-15(3)8-6-7-12-18-13-9-16(10-14-18)19-5-2/h15-17H,4-14H2,1-3H3. The molecule has 0 spiro atoms. The van der Waals surface area contributed by atoms with Crippen molar-refractivity contribution in [3.8, 4) is 0 Å². The van der Waals surface area contributed by atoms with E-state index in [2.05, 4.69) is 31.0 Å². The van der Waals surface area contributed by atoms with Gasteiger partial charge in [-0.15, -0.1) is 0 Å². The average Bonchev–Trinajstić information content (AvgIpc) is 2.43. The van der Waals surface area contributed by atoms with Gasteiger partial charge in [-0.1, -0.05) is 13.3 Å². The van der Waals surface area contributed by atoms with Gasteiger partial charge in [0.2, 0.25) is 0 Å². The van der Waals surface area contributed by atoms with Gasteiger partial charge in [-0.05, 0) is 59.0 Å². The maximum Gasteiger partial charge on any atom is 0.0599 e. The Morgan fingerprint density at radius 1 is 1.21 bits per heavy atom. The van der Waals surface area contributed by atoms with Gasteiger partial charge in [0.25, 0.3) is 0 Å². The Kier molecular flexibility index (Phi) is 9.48.